The van der Waals surface area contributed by atoms with Gasteiger partial charge in [-0.15, -0.1) is 0 Å². The number of benzene rings is 1. The Morgan fingerprint density at radius 1 is 1.13 bits per heavy atom. The molecule has 0 radical (unpaired) electrons. The molecule has 1 rings (SSSR count). The Hall–Kier alpha value is -0.647. The van der Waals surface area contributed by atoms with Crippen LogP contribution >= 0.6 is 0 Å². The van der Waals surface area contributed by atoms with Gasteiger partial charge in [0, 0.05) is 0 Å². The molecule has 0 saturated heterocycles. The van der Waals surface area contributed by atoms with Crippen molar-refractivity contribution in [3.8, 4) is 0 Å². The molecule has 0 unspecified atom stereocenters. The van der Waals surface area contributed by atoms with Crippen LogP contribution in [0.15, 0.2) is 24.3 Å². The van der Waals surface area contributed by atoms with E-state index >= 15 is 0 Å². The van der Waals surface area contributed by atoms with Gasteiger partial charge in [-0.05, 0) is 0 Å². The molecule has 0 bridgehead atoms. The molecule has 0 heterocycles. The van der Waals surface area contributed by atoms with E-state index in [0.29, 0.717) is 5.69 Å². The van der Waals surface area contributed by atoms with Gasteiger partial charge in [0.05, 0.1) is 0 Å². The number of anilines is 1. The summed E-state index contributed by atoms with van der Waals surface area (Å²) in [5.41, 5.74) is -0.0310. The third kappa shape index (κ3) is 4.15. The monoisotopic (exact) mass is 279 g/mol. The van der Waals surface area contributed by atoms with Gasteiger partial charge in [0.15, 0.2) is 0 Å². The van der Waals surface area contributed by atoms with Crippen LogP contribution in [0.1, 0.15) is 5.56 Å². The van der Waals surface area contributed by atoms with E-state index in [0.717, 1.165) is 12.1 Å². The van der Waals surface area contributed by atoms with Crippen molar-refractivity contribution < 1.29 is 13.2 Å². The molecule has 0 aliphatic rings. The van der Waals surface area contributed by atoms with E-state index in [-0.39, 0.29) is 0 Å². The van der Waals surface area contributed by atoms with Crippen molar-refractivity contribution in [2.45, 2.75) is 23.4 Å². The van der Waals surface area contributed by atoms with Crippen LogP contribution in [0.3, 0.4) is 0 Å². The number of alkyl halides is 3. The molecule has 0 saturated carbocycles. The summed E-state index contributed by atoms with van der Waals surface area (Å²) in [5.74, 6) is 6.25. The molecule has 1 nitrogen and oxygen atoms in total. The van der Waals surface area contributed by atoms with Crippen molar-refractivity contribution >= 4 is 19.2 Å². The molecule has 1 aromatic carbocycles. The second-order valence-corrected chi connectivity index (χ2v) is 14.4. The summed E-state index contributed by atoms with van der Waals surface area (Å²) in [7, 11) is 0. The van der Waals surface area contributed by atoms with E-state index in [4.69, 9.17) is 0 Å². The quantitative estimate of drug-likeness (QED) is 0.807. The van der Waals surface area contributed by atoms with Gasteiger partial charge in [0.25, 0.3) is 0 Å². The molecular formula is C10H14F3GeN. The zero-order valence-corrected chi connectivity index (χ0v) is 11.0. The SMILES string of the molecule is [CH3][Ge]([CH3])([CH3])[NH]c1cccc(C(F)(F)F)c1. The maximum atomic E-state index is 12.4. The van der Waals surface area contributed by atoms with Gasteiger partial charge in [-0.2, -0.15) is 0 Å². The molecule has 0 aliphatic carbocycles. The van der Waals surface area contributed by atoms with Gasteiger partial charge in [-0.3, -0.25) is 0 Å². The van der Waals surface area contributed by atoms with Crippen LogP contribution in [0.25, 0.3) is 0 Å². The van der Waals surface area contributed by atoms with E-state index in [1.54, 1.807) is 6.07 Å². The average Bonchev–Trinajstić information content (AvgIpc) is 1.99. The second kappa shape index (κ2) is 4.08. The molecule has 15 heavy (non-hydrogen) atoms. The fourth-order valence-corrected chi connectivity index (χ4v) is 3.35. The first-order valence-electron chi connectivity index (χ1n) is 4.64. The number of rotatable bonds is 2. The van der Waals surface area contributed by atoms with Crippen LogP contribution in [0.4, 0.5) is 18.9 Å². The van der Waals surface area contributed by atoms with Gasteiger partial charge in [0.1, 0.15) is 0 Å². The van der Waals surface area contributed by atoms with Gasteiger partial charge in [-0.1, -0.05) is 0 Å². The molecule has 1 aromatic rings. The molecule has 0 atom stereocenters. The number of hydrogen-bond acceptors (Lipinski definition) is 1. The molecule has 84 valence electrons. The van der Waals surface area contributed by atoms with Crippen molar-refractivity contribution in [1.29, 1.82) is 0 Å². The first-order chi connectivity index (χ1) is 6.68. The molecule has 1 N–H and O–H groups in total. The number of hydrogen-bond donors (Lipinski definition) is 1. The predicted molar refractivity (Wildman–Crippen MR) is 58.4 cm³/mol. The Labute approximate surface area is 90.3 Å². The van der Waals surface area contributed by atoms with Crippen LogP contribution in [-0.4, -0.2) is 13.5 Å². The summed E-state index contributed by atoms with van der Waals surface area (Å²) in [6.07, 6.45) is -4.26. The van der Waals surface area contributed by atoms with Gasteiger partial charge in [0.2, 0.25) is 0 Å². The van der Waals surface area contributed by atoms with Crippen LogP contribution in [0.5, 0.6) is 0 Å². The molecule has 0 aromatic heterocycles. The minimum absolute atomic E-state index is 0.567. The maximum absolute atomic E-state index is 12.4. The Morgan fingerprint density at radius 2 is 1.73 bits per heavy atom. The van der Waals surface area contributed by atoms with E-state index in [2.05, 4.69) is 21.5 Å². The Morgan fingerprint density at radius 3 is 2.20 bits per heavy atom. The first kappa shape index (κ1) is 12.4. The van der Waals surface area contributed by atoms with Crippen molar-refractivity contribution in [2.24, 2.45) is 0 Å². The normalized spacial score (nSPS) is 12.7. The van der Waals surface area contributed by atoms with Crippen LogP contribution in [0, 0.1) is 0 Å². The molecular weight excluding hydrogens is 264 g/mol. The van der Waals surface area contributed by atoms with E-state index < -0.39 is 25.2 Å². The van der Waals surface area contributed by atoms with E-state index in [1.165, 1.54) is 6.07 Å². The summed E-state index contributed by atoms with van der Waals surface area (Å²) in [5, 5.41) is 0. The topological polar surface area (TPSA) is 12.0 Å². The minimum atomic E-state index is -4.26. The molecule has 0 aliphatic heterocycles. The fourth-order valence-electron chi connectivity index (χ4n) is 1.21. The van der Waals surface area contributed by atoms with Gasteiger partial charge < -0.3 is 0 Å². The van der Waals surface area contributed by atoms with Crippen LogP contribution < -0.4 is 4.27 Å². The van der Waals surface area contributed by atoms with Gasteiger partial charge >= 0.3 is 89.9 Å². The zero-order valence-electron chi connectivity index (χ0n) is 8.94. The van der Waals surface area contributed by atoms with E-state index in [9.17, 15) is 13.2 Å². The molecule has 0 fully saturated rings. The van der Waals surface area contributed by atoms with Crippen LogP contribution in [0.2, 0.25) is 17.3 Å². The van der Waals surface area contributed by atoms with Crippen molar-refractivity contribution in [3.63, 3.8) is 0 Å². The molecule has 5 heteroatoms. The Kier molecular flexibility index (Phi) is 3.38. The summed E-state index contributed by atoms with van der Waals surface area (Å²) in [6.45, 7) is 0. The Balaban J connectivity index is 2.94. The van der Waals surface area contributed by atoms with Crippen LogP contribution in [-0.2, 0) is 6.18 Å². The summed E-state index contributed by atoms with van der Waals surface area (Å²) >= 11 is -2.07. The molecule has 0 amide bonds. The standard InChI is InChI=1S/C10H14F3GeN/c1-14(2,3)15-9-6-4-5-8(7-9)10(11,12)13/h4-7,15H,1-3H3. The third-order valence-corrected chi connectivity index (χ3v) is 3.89. The van der Waals surface area contributed by atoms with Crippen molar-refractivity contribution in [3.05, 3.63) is 29.8 Å². The van der Waals surface area contributed by atoms with Crippen molar-refractivity contribution in [2.75, 3.05) is 4.27 Å². The zero-order chi connectivity index (χ0) is 11.7. The van der Waals surface area contributed by atoms with E-state index in [1.807, 2.05) is 0 Å². The molecule has 0 spiro atoms. The predicted octanol–water partition coefficient (Wildman–Crippen LogP) is 3.95. The number of nitrogens with one attached hydrogen (secondary N) is 1. The third-order valence-electron chi connectivity index (χ3n) is 1.71. The van der Waals surface area contributed by atoms with Crippen molar-refractivity contribution in [1.82, 2.24) is 0 Å². The first-order valence-corrected chi connectivity index (χ1v) is 12.0. The summed E-state index contributed by atoms with van der Waals surface area (Å²) in [4.78, 5) is 0. The second-order valence-electron chi connectivity index (χ2n) is 4.45. The summed E-state index contributed by atoms with van der Waals surface area (Å²) in [6, 6.07) is 5.35. The Bertz CT molecular complexity index is 341. The average molecular weight is 278 g/mol. The summed E-state index contributed by atoms with van der Waals surface area (Å²) < 4.78 is 40.3. The number of halogens is 3. The van der Waals surface area contributed by atoms with Gasteiger partial charge in [-0.25, -0.2) is 0 Å². The fraction of sp³-hybridized carbons (Fsp3) is 0.400.